The third-order valence-electron chi connectivity index (χ3n) is 4.54. The average Bonchev–Trinajstić information content (AvgIpc) is 2.61. The molecule has 24 heavy (non-hydrogen) atoms. The van der Waals surface area contributed by atoms with Crippen LogP contribution in [0.15, 0.2) is 36.5 Å². The number of hydrogen-bond donors (Lipinski definition) is 0. The monoisotopic (exact) mass is 326 g/mol. The van der Waals surface area contributed by atoms with Gasteiger partial charge in [0, 0.05) is 31.1 Å². The van der Waals surface area contributed by atoms with Crippen LogP contribution in [0.1, 0.15) is 36.7 Å². The van der Waals surface area contributed by atoms with E-state index in [0.717, 1.165) is 23.6 Å². The maximum absolute atomic E-state index is 12.8. The highest BCUT2D eigenvalue weighted by Crippen LogP contribution is 2.24. The Balaban J connectivity index is 1.66. The first-order chi connectivity index (χ1) is 11.7. The number of piperidine rings is 1. The topological polar surface area (TPSA) is 59.5 Å². The SMILES string of the molecule is CCOC(=O)CC1CCN(C(=O)c2nccc3ccccc23)CC1. The lowest BCUT2D eigenvalue weighted by molar-refractivity contribution is -0.144. The van der Waals surface area contributed by atoms with Crippen LogP contribution in [0.3, 0.4) is 0 Å². The Morgan fingerprint density at radius 2 is 1.96 bits per heavy atom. The van der Waals surface area contributed by atoms with E-state index in [0.29, 0.717) is 37.7 Å². The maximum Gasteiger partial charge on any atom is 0.306 e. The number of carbonyl (C=O) groups excluding carboxylic acids is 2. The summed E-state index contributed by atoms with van der Waals surface area (Å²) in [6.07, 6.45) is 3.79. The van der Waals surface area contributed by atoms with Gasteiger partial charge in [-0.2, -0.15) is 0 Å². The number of pyridine rings is 1. The second-order valence-corrected chi connectivity index (χ2v) is 6.13. The number of amides is 1. The van der Waals surface area contributed by atoms with Crippen molar-refractivity contribution in [2.75, 3.05) is 19.7 Å². The first-order valence-electron chi connectivity index (χ1n) is 8.47. The van der Waals surface area contributed by atoms with Gasteiger partial charge in [-0.05, 0) is 37.1 Å². The second kappa shape index (κ2) is 7.43. The minimum atomic E-state index is -0.141. The van der Waals surface area contributed by atoms with Gasteiger partial charge in [0.1, 0.15) is 5.69 Å². The predicted octanol–water partition coefficient (Wildman–Crippen LogP) is 3.04. The highest BCUT2D eigenvalue weighted by Gasteiger charge is 2.26. The van der Waals surface area contributed by atoms with Crippen LogP contribution < -0.4 is 0 Å². The molecule has 1 fully saturated rings. The van der Waals surface area contributed by atoms with Crippen molar-refractivity contribution in [1.29, 1.82) is 0 Å². The summed E-state index contributed by atoms with van der Waals surface area (Å²) in [5.74, 6) is 0.132. The molecule has 0 spiro atoms. The van der Waals surface area contributed by atoms with Crippen LogP contribution in [-0.4, -0.2) is 41.5 Å². The molecule has 0 radical (unpaired) electrons. The Kier molecular flexibility index (Phi) is 5.08. The van der Waals surface area contributed by atoms with E-state index in [1.165, 1.54) is 0 Å². The van der Waals surface area contributed by atoms with Crippen LogP contribution in [0.25, 0.3) is 10.8 Å². The fraction of sp³-hybridized carbons (Fsp3) is 0.421. The molecule has 3 rings (SSSR count). The number of benzene rings is 1. The zero-order chi connectivity index (χ0) is 16.9. The third-order valence-corrected chi connectivity index (χ3v) is 4.54. The lowest BCUT2D eigenvalue weighted by Crippen LogP contribution is -2.39. The summed E-state index contributed by atoms with van der Waals surface area (Å²) in [6, 6.07) is 9.71. The summed E-state index contributed by atoms with van der Waals surface area (Å²) in [7, 11) is 0. The lowest BCUT2D eigenvalue weighted by atomic mass is 9.93. The van der Waals surface area contributed by atoms with Gasteiger partial charge in [0.05, 0.1) is 6.61 Å². The van der Waals surface area contributed by atoms with Gasteiger partial charge < -0.3 is 9.64 Å². The largest absolute Gasteiger partial charge is 0.466 e. The van der Waals surface area contributed by atoms with Crippen LogP contribution in [0.5, 0.6) is 0 Å². The van der Waals surface area contributed by atoms with Gasteiger partial charge in [-0.25, -0.2) is 0 Å². The fourth-order valence-electron chi connectivity index (χ4n) is 3.24. The Bertz CT molecular complexity index is 731. The molecule has 2 heterocycles. The van der Waals surface area contributed by atoms with Gasteiger partial charge in [-0.15, -0.1) is 0 Å². The first kappa shape index (κ1) is 16.4. The summed E-state index contributed by atoms with van der Waals surface area (Å²) in [6.45, 7) is 3.56. The highest BCUT2D eigenvalue weighted by atomic mass is 16.5. The smallest absolute Gasteiger partial charge is 0.306 e. The lowest BCUT2D eigenvalue weighted by Gasteiger charge is -2.31. The highest BCUT2D eigenvalue weighted by molar-refractivity contribution is 6.05. The molecule has 0 saturated carbocycles. The molecule has 1 aromatic carbocycles. The van der Waals surface area contributed by atoms with Gasteiger partial charge in [0.25, 0.3) is 5.91 Å². The van der Waals surface area contributed by atoms with Gasteiger partial charge >= 0.3 is 5.97 Å². The quantitative estimate of drug-likeness (QED) is 0.810. The minimum absolute atomic E-state index is 0.0265. The van der Waals surface area contributed by atoms with Crippen molar-refractivity contribution in [2.24, 2.45) is 5.92 Å². The van der Waals surface area contributed by atoms with Crippen LogP contribution in [0.4, 0.5) is 0 Å². The molecule has 0 aliphatic carbocycles. The van der Waals surface area contributed by atoms with Crippen molar-refractivity contribution in [1.82, 2.24) is 9.88 Å². The van der Waals surface area contributed by atoms with Gasteiger partial charge in [-0.1, -0.05) is 24.3 Å². The van der Waals surface area contributed by atoms with E-state index in [2.05, 4.69) is 4.98 Å². The number of carbonyl (C=O) groups is 2. The third kappa shape index (κ3) is 3.55. The summed E-state index contributed by atoms with van der Waals surface area (Å²) >= 11 is 0. The molecule has 1 aliphatic rings. The second-order valence-electron chi connectivity index (χ2n) is 6.13. The van der Waals surface area contributed by atoms with E-state index in [9.17, 15) is 9.59 Å². The molecule has 2 aromatic rings. The molecule has 5 heteroatoms. The van der Waals surface area contributed by atoms with Crippen LogP contribution >= 0.6 is 0 Å². The fourth-order valence-corrected chi connectivity index (χ4v) is 3.24. The molecule has 0 unspecified atom stereocenters. The maximum atomic E-state index is 12.8. The Labute approximate surface area is 141 Å². The van der Waals surface area contributed by atoms with Crippen molar-refractivity contribution in [2.45, 2.75) is 26.2 Å². The summed E-state index contributed by atoms with van der Waals surface area (Å²) < 4.78 is 5.01. The normalized spacial score (nSPS) is 15.5. The van der Waals surface area contributed by atoms with Crippen LogP contribution in [0.2, 0.25) is 0 Å². The van der Waals surface area contributed by atoms with E-state index in [-0.39, 0.29) is 11.9 Å². The molecular formula is C19H22N2O3. The standard InChI is InChI=1S/C19H22N2O3/c1-2-24-17(22)13-14-8-11-21(12-9-14)19(23)18-16-6-4-3-5-15(16)7-10-20-18/h3-7,10,14H,2,8-9,11-13H2,1H3. The van der Waals surface area contributed by atoms with Crippen molar-refractivity contribution in [3.8, 4) is 0 Å². The number of hydrogen-bond acceptors (Lipinski definition) is 4. The number of rotatable bonds is 4. The van der Waals surface area contributed by atoms with Crippen LogP contribution in [0, 0.1) is 5.92 Å². The van der Waals surface area contributed by atoms with Crippen LogP contribution in [-0.2, 0) is 9.53 Å². The molecular weight excluding hydrogens is 304 g/mol. The number of aromatic nitrogens is 1. The van der Waals surface area contributed by atoms with Crippen molar-refractivity contribution in [3.05, 3.63) is 42.2 Å². The molecule has 1 amide bonds. The number of likely N-dealkylation sites (tertiary alicyclic amines) is 1. The number of fused-ring (bicyclic) bond motifs is 1. The number of ether oxygens (including phenoxy) is 1. The summed E-state index contributed by atoms with van der Waals surface area (Å²) in [5, 5.41) is 1.91. The molecule has 1 saturated heterocycles. The van der Waals surface area contributed by atoms with Crippen molar-refractivity contribution < 1.29 is 14.3 Å². The first-order valence-corrected chi connectivity index (χ1v) is 8.47. The molecule has 126 valence electrons. The Morgan fingerprint density at radius 3 is 2.71 bits per heavy atom. The summed E-state index contributed by atoms with van der Waals surface area (Å²) in [5.41, 5.74) is 0.511. The van der Waals surface area contributed by atoms with Gasteiger partial charge in [-0.3, -0.25) is 14.6 Å². The molecule has 5 nitrogen and oxygen atoms in total. The molecule has 0 atom stereocenters. The van der Waals surface area contributed by atoms with Gasteiger partial charge in [0.15, 0.2) is 0 Å². The van der Waals surface area contributed by atoms with E-state index < -0.39 is 0 Å². The molecule has 1 aliphatic heterocycles. The van der Waals surface area contributed by atoms with Crippen molar-refractivity contribution >= 4 is 22.6 Å². The molecule has 0 N–H and O–H groups in total. The zero-order valence-electron chi connectivity index (χ0n) is 13.9. The average molecular weight is 326 g/mol. The van der Waals surface area contributed by atoms with E-state index in [1.807, 2.05) is 42.2 Å². The van der Waals surface area contributed by atoms with Crippen molar-refractivity contribution in [3.63, 3.8) is 0 Å². The molecule has 0 bridgehead atoms. The predicted molar refractivity (Wildman–Crippen MR) is 91.6 cm³/mol. The Morgan fingerprint density at radius 1 is 1.21 bits per heavy atom. The number of esters is 1. The zero-order valence-corrected chi connectivity index (χ0v) is 13.9. The summed E-state index contributed by atoms with van der Waals surface area (Å²) in [4.78, 5) is 30.6. The van der Waals surface area contributed by atoms with E-state index in [4.69, 9.17) is 4.74 Å². The van der Waals surface area contributed by atoms with Gasteiger partial charge in [0.2, 0.25) is 0 Å². The van der Waals surface area contributed by atoms with E-state index >= 15 is 0 Å². The van der Waals surface area contributed by atoms with E-state index in [1.54, 1.807) is 6.20 Å². The molecule has 1 aromatic heterocycles. The minimum Gasteiger partial charge on any atom is -0.466 e. The number of nitrogens with zero attached hydrogens (tertiary/aromatic N) is 2. The Hall–Kier alpha value is -2.43.